The smallest absolute Gasteiger partial charge is 0.253 e. The Morgan fingerprint density at radius 2 is 1.72 bits per heavy atom. The number of piperazine rings is 1. The predicted molar refractivity (Wildman–Crippen MR) is 125 cm³/mol. The van der Waals surface area contributed by atoms with E-state index in [1.807, 2.05) is 42.2 Å². The zero-order valence-corrected chi connectivity index (χ0v) is 19.1. The molecule has 32 heavy (non-hydrogen) atoms. The number of aryl methyl sites for hydroxylation is 1. The quantitative estimate of drug-likeness (QED) is 0.615. The van der Waals surface area contributed by atoms with E-state index in [9.17, 15) is 4.79 Å². The first-order chi connectivity index (χ1) is 15.6. The fourth-order valence-corrected chi connectivity index (χ4v) is 3.95. The lowest BCUT2D eigenvalue weighted by Crippen LogP contribution is -2.49. The third-order valence-corrected chi connectivity index (χ3v) is 5.88. The summed E-state index contributed by atoms with van der Waals surface area (Å²) in [6.07, 6.45) is 2.14. The summed E-state index contributed by atoms with van der Waals surface area (Å²) in [6, 6.07) is 9.52. The molecule has 0 bridgehead atoms. The molecule has 0 radical (unpaired) electrons. The van der Waals surface area contributed by atoms with Crippen molar-refractivity contribution in [1.82, 2.24) is 14.9 Å². The van der Waals surface area contributed by atoms with E-state index in [4.69, 9.17) is 14.5 Å². The van der Waals surface area contributed by atoms with Crippen LogP contribution in [-0.4, -0.2) is 79.9 Å². The molecule has 1 amide bonds. The Labute approximate surface area is 190 Å². The van der Waals surface area contributed by atoms with Gasteiger partial charge in [-0.1, -0.05) is 13.3 Å². The molecule has 2 aliphatic rings. The van der Waals surface area contributed by atoms with E-state index in [-0.39, 0.29) is 5.91 Å². The first kappa shape index (κ1) is 22.3. The van der Waals surface area contributed by atoms with Crippen molar-refractivity contribution in [3.05, 3.63) is 41.6 Å². The van der Waals surface area contributed by atoms with E-state index in [1.54, 1.807) is 0 Å². The minimum atomic E-state index is 0.0673. The summed E-state index contributed by atoms with van der Waals surface area (Å²) in [6.45, 7) is 10.7. The number of benzene rings is 1. The van der Waals surface area contributed by atoms with Crippen LogP contribution in [0.15, 0.2) is 30.3 Å². The lowest BCUT2D eigenvalue weighted by atomic mass is 10.1. The molecule has 0 atom stereocenters. The third kappa shape index (κ3) is 5.48. The van der Waals surface area contributed by atoms with Gasteiger partial charge in [0.1, 0.15) is 11.6 Å². The van der Waals surface area contributed by atoms with Gasteiger partial charge in [0.25, 0.3) is 5.91 Å². The molecule has 8 heteroatoms. The van der Waals surface area contributed by atoms with Crippen LogP contribution < -0.4 is 14.5 Å². The molecule has 0 unspecified atom stereocenters. The Kier molecular flexibility index (Phi) is 7.42. The number of amides is 1. The third-order valence-electron chi connectivity index (χ3n) is 5.88. The maximum Gasteiger partial charge on any atom is 0.253 e. The van der Waals surface area contributed by atoms with Crippen molar-refractivity contribution in [2.45, 2.75) is 26.7 Å². The van der Waals surface area contributed by atoms with E-state index in [1.165, 1.54) is 0 Å². The zero-order valence-electron chi connectivity index (χ0n) is 19.1. The number of unbranched alkanes of at least 4 members (excludes halogenated alkanes) is 1. The van der Waals surface area contributed by atoms with Crippen LogP contribution >= 0.6 is 0 Å². The lowest BCUT2D eigenvalue weighted by Gasteiger charge is -2.36. The Morgan fingerprint density at radius 1 is 1.00 bits per heavy atom. The summed E-state index contributed by atoms with van der Waals surface area (Å²) >= 11 is 0. The second-order valence-electron chi connectivity index (χ2n) is 8.27. The van der Waals surface area contributed by atoms with Crippen molar-refractivity contribution in [1.29, 1.82) is 0 Å². The van der Waals surface area contributed by atoms with Gasteiger partial charge in [0.15, 0.2) is 0 Å². The average molecular weight is 440 g/mol. The molecular weight excluding hydrogens is 406 g/mol. The SMILES string of the molecule is CCCCOc1ccc(C(=O)N2CCN(c3cc(C)nc(N4CCOCC4)n3)CC2)cc1. The Hall–Kier alpha value is -2.87. The Balaban J connectivity index is 1.34. The number of carbonyl (C=O) groups excluding carboxylic acids is 1. The van der Waals surface area contributed by atoms with Crippen molar-refractivity contribution < 1.29 is 14.3 Å². The first-order valence-electron chi connectivity index (χ1n) is 11.6. The summed E-state index contributed by atoms with van der Waals surface area (Å²) in [4.78, 5) is 28.7. The predicted octanol–water partition coefficient (Wildman–Crippen LogP) is 2.76. The van der Waals surface area contributed by atoms with E-state index < -0.39 is 0 Å². The highest BCUT2D eigenvalue weighted by molar-refractivity contribution is 5.94. The molecule has 2 saturated heterocycles. The fraction of sp³-hybridized carbons (Fsp3) is 0.542. The molecule has 0 saturated carbocycles. The van der Waals surface area contributed by atoms with Gasteiger partial charge < -0.3 is 24.2 Å². The van der Waals surface area contributed by atoms with Crippen molar-refractivity contribution in [2.24, 2.45) is 0 Å². The van der Waals surface area contributed by atoms with Crippen molar-refractivity contribution in [2.75, 3.05) is 68.9 Å². The van der Waals surface area contributed by atoms with Gasteiger partial charge in [0.2, 0.25) is 5.95 Å². The summed E-state index contributed by atoms with van der Waals surface area (Å²) in [5.41, 5.74) is 1.66. The highest BCUT2D eigenvalue weighted by Gasteiger charge is 2.24. The molecule has 4 rings (SSSR count). The maximum absolute atomic E-state index is 13.0. The minimum Gasteiger partial charge on any atom is -0.494 e. The van der Waals surface area contributed by atoms with Gasteiger partial charge in [-0.15, -0.1) is 0 Å². The number of ether oxygens (including phenoxy) is 2. The van der Waals surface area contributed by atoms with E-state index in [0.29, 0.717) is 38.5 Å². The number of rotatable bonds is 7. The average Bonchev–Trinajstić information content (AvgIpc) is 2.84. The number of hydrogen-bond acceptors (Lipinski definition) is 7. The Morgan fingerprint density at radius 3 is 2.41 bits per heavy atom. The van der Waals surface area contributed by atoms with Crippen molar-refractivity contribution in [3.63, 3.8) is 0 Å². The molecule has 1 aromatic heterocycles. The first-order valence-corrected chi connectivity index (χ1v) is 11.6. The van der Waals surface area contributed by atoms with Crippen LogP contribution in [0.4, 0.5) is 11.8 Å². The molecule has 0 N–H and O–H groups in total. The van der Waals surface area contributed by atoms with E-state index in [0.717, 1.165) is 62.2 Å². The number of carbonyl (C=O) groups is 1. The standard InChI is InChI=1S/C24H33N5O3/c1-3-4-15-32-21-7-5-20(6-8-21)23(30)28-11-9-27(10-12-28)22-18-19(2)25-24(26-22)29-13-16-31-17-14-29/h5-8,18H,3-4,9-17H2,1-2H3. The van der Waals surface area contributed by atoms with Gasteiger partial charge in [0.05, 0.1) is 19.8 Å². The number of aromatic nitrogens is 2. The van der Waals surface area contributed by atoms with E-state index >= 15 is 0 Å². The van der Waals surface area contributed by atoms with Gasteiger partial charge in [-0.2, -0.15) is 4.98 Å². The van der Waals surface area contributed by atoms with Crippen LogP contribution in [0, 0.1) is 6.92 Å². The molecule has 2 aromatic rings. The number of morpholine rings is 1. The highest BCUT2D eigenvalue weighted by Crippen LogP contribution is 2.21. The molecular formula is C24H33N5O3. The molecule has 3 heterocycles. The Bertz CT molecular complexity index is 891. The van der Waals surface area contributed by atoms with Gasteiger partial charge in [0, 0.05) is 56.6 Å². The van der Waals surface area contributed by atoms with Gasteiger partial charge in [-0.25, -0.2) is 4.98 Å². The fourth-order valence-electron chi connectivity index (χ4n) is 3.95. The second kappa shape index (κ2) is 10.6. The molecule has 172 valence electrons. The molecule has 0 spiro atoms. The minimum absolute atomic E-state index is 0.0673. The van der Waals surface area contributed by atoms with Crippen LogP contribution in [-0.2, 0) is 4.74 Å². The maximum atomic E-state index is 13.0. The van der Waals surface area contributed by atoms with Gasteiger partial charge in [-0.05, 0) is 37.6 Å². The summed E-state index contributed by atoms with van der Waals surface area (Å²) in [5, 5.41) is 0. The van der Waals surface area contributed by atoms with Crippen LogP contribution in [0.3, 0.4) is 0 Å². The monoisotopic (exact) mass is 439 g/mol. The number of anilines is 2. The topological polar surface area (TPSA) is 71.0 Å². The number of hydrogen-bond donors (Lipinski definition) is 0. The van der Waals surface area contributed by atoms with Crippen LogP contribution in [0.5, 0.6) is 5.75 Å². The molecule has 2 aliphatic heterocycles. The molecule has 8 nitrogen and oxygen atoms in total. The zero-order chi connectivity index (χ0) is 22.3. The second-order valence-corrected chi connectivity index (χ2v) is 8.27. The van der Waals surface area contributed by atoms with Crippen LogP contribution in [0.2, 0.25) is 0 Å². The molecule has 1 aromatic carbocycles. The lowest BCUT2D eigenvalue weighted by molar-refractivity contribution is 0.0746. The molecule has 0 aliphatic carbocycles. The summed E-state index contributed by atoms with van der Waals surface area (Å²) in [7, 11) is 0. The van der Waals surface area contributed by atoms with Crippen LogP contribution in [0.25, 0.3) is 0 Å². The van der Waals surface area contributed by atoms with Gasteiger partial charge in [-0.3, -0.25) is 4.79 Å². The number of nitrogens with zero attached hydrogens (tertiary/aromatic N) is 5. The molecule has 2 fully saturated rings. The summed E-state index contributed by atoms with van der Waals surface area (Å²) in [5.74, 6) is 2.58. The normalized spacial score (nSPS) is 16.9. The van der Waals surface area contributed by atoms with Gasteiger partial charge >= 0.3 is 0 Å². The summed E-state index contributed by atoms with van der Waals surface area (Å²) < 4.78 is 11.1. The van der Waals surface area contributed by atoms with Crippen molar-refractivity contribution >= 4 is 17.7 Å². The van der Waals surface area contributed by atoms with E-state index in [2.05, 4.69) is 21.7 Å². The largest absolute Gasteiger partial charge is 0.494 e. The van der Waals surface area contributed by atoms with Crippen molar-refractivity contribution in [3.8, 4) is 5.75 Å². The van der Waals surface area contributed by atoms with Crippen LogP contribution in [0.1, 0.15) is 35.8 Å². The highest BCUT2D eigenvalue weighted by atomic mass is 16.5.